The Morgan fingerprint density at radius 3 is 2.46 bits per heavy atom. The molecule has 24 heavy (non-hydrogen) atoms. The van der Waals surface area contributed by atoms with Gasteiger partial charge >= 0.3 is 0 Å². The molecule has 1 aliphatic carbocycles. The Hall–Kier alpha value is -2.69. The summed E-state index contributed by atoms with van der Waals surface area (Å²) in [7, 11) is 3.30. The molecule has 1 heterocycles. The first-order valence-corrected chi connectivity index (χ1v) is 8.22. The second-order valence-electron chi connectivity index (χ2n) is 6.22. The molecule has 0 spiro atoms. The number of fused-ring (bicyclic) bond motifs is 1. The van der Waals surface area contributed by atoms with Crippen LogP contribution in [0.25, 0.3) is 10.9 Å². The molecule has 2 aromatic carbocycles. The average Bonchev–Trinajstić information content (AvgIpc) is 3.37. The maximum absolute atomic E-state index is 5.34. The van der Waals surface area contributed by atoms with E-state index in [0.29, 0.717) is 0 Å². The molecule has 1 fully saturated rings. The Bertz CT molecular complexity index is 846. The van der Waals surface area contributed by atoms with Crippen molar-refractivity contribution in [2.24, 2.45) is 5.92 Å². The zero-order valence-corrected chi connectivity index (χ0v) is 14.0. The van der Waals surface area contributed by atoms with Crippen molar-refractivity contribution in [3.05, 3.63) is 42.5 Å². The van der Waals surface area contributed by atoms with Crippen molar-refractivity contribution in [1.29, 1.82) is 0 Å². The van der Waals surface area contributed by atoms with Gasteiger partial charge in [-0.3, -0.25) is 4.68 Å². The lowest BCUT2D eigenvalue weighted by Gasteiger charge is -2.09. The minimum atomic E-state index is 0.749. The van der Waals surface area contributed by atoms with Crippen molar-refractivity contribution < 1.29 is 9.47 Å². The number of hydrogen-bond acceptors (Lipinski definition) is 4. The van der Waals surface area contributed by atoms with Crippen LogP contribution >= 0.6 is 0 Å². The van der Waals surface area contributed by atoms with Gasteiger partial charge in [-0.25, -0.2) is 0 Å². The molecule has 4 rings (SSSR count). The Labute approximate surface area is 141 Å². The predicted octanol–water partition coefficient (Wildman–Crippen LogP) is 4.21. The third-order valence-corrected chi connectivity index (χ3v) is 4.40. The number of anilines is 2. The summed E-state index contributed by atoms with van der Waals surface area (Å²) in [6.45, 7) is 0.990. The highest BCUT2D eigenvalue weighted by Crippen LogP contribution is 2.34. The zero-order chi connectivity index (χ0) is 16.5. The Kier molecular flexibility index (Phi) is 3.76. The molecule has 0 bridgehead atoms. The van der Waals surface area contributed by atoms with Crippen molar-refractivity contribution >= 4 is 22.4 Å². The van der Waals surface area contributed by atoms with Crippen LogP contribution in [-0.4, -0.2) is 24.0 Å². The van der Waals surface area contributed by atoms with Gasteiger partial charge in [-0.2, -0.15) is 5.10 Å². The van der Waals surface area contributed by atoms with E-state index in [0.717, 1.165) is 40.9 Å². The second-order valence-corrected chi connectivity index (χ2v) is 6.22. The van der Waals surface area contributed by atoms with Gasteiger partial charge in [-0.05, 0) is 30.9 Å². The highest BCUT2D eigenvalue weighted by atomic mass is 16.5. The zero-order valence-electron chi connectivity index (χ0n) is 14.0. The number of para-hydroxylation sites is 1. The Balaban J connectivity index is 1.71. The summed E-state index contributed by atoms with van der Waals surface area (Å²) in [5, 5.41) is 9.34. The predicted molar refractivity (Wildman–Crippen MR) is 95.3 cm³/mol. The van der Waals surface area contributed by atoms with Gasteiger partial charge in [0.15, 0.2) is 5.82 Å². The van der Waals surface area contributed by atoms with Crippen LogP contribution in [0.15, 0.2) is 42.5 Å². The first kappa shape index (κ1) is 14.9. The van der Waals surface area contributed by atoms with Crippen LogP contribution in [0.2, 0.25) is 0 Å². The smallest absolute Gasteiger partial charge is 0.160 e. The summed E-state index contributed by atoms with van der Waals surface area (Å²) in [5.41, 5.74) is 2.06. The third-order valence-electron chi connectivity index (χ3n) is 4.40. The van der Waals surface area contributed by atoms with E-state index >= 15 is 0 Å². The molecular formula is C19H21N3O2. The quantitative estimate of drug-likeness (QED) is 0.738. The van der Waals surface area contributed by atoms with Crippen LogP contribution in [0.3, 0.4) is 0 Å². The van der Waals surface area contributed by atoms with Gasteiger partial charge in [0.1, 0.15) is 11.5 Å². The lowest BCUT2D eigenvalue weighted by Crippen LogP contribution is -2.02. The van der Waals surface area contributed by atoms with E-state index in [4.69, 9.17) is 14.6 Å². The number of methoxy groups -OCH3 is 2. The molecule has 1 aromatic heterocycles. The van der Waals surface area contributed by atoms with E-state index in [1.807, 2.05) is 24.3 Å². The van der Waals surface area contributed by atoms with Gasteiger partial charge in [0.25, 0.3) is 0 Å². The largest absolute Gasteiger partial charge is 0.497 e. The standard InChI is InChI=1S/C19H21N3O2/c1-23-15-9-14(10-16(11-15)24-2)20-19-17-5-3-4-6-18(17)22(21-19)12-13-7-8-13/h3-6,9-11,13H,7-8,12H2,1-2H3,(H,20,21). The third kappa shape index (κ3) is 2.89. The Morgan fingerprint density at radius 1 is 1.08 bits per heavy atom. The van der Waals surface area contributed by atoms with Crippen LogP contribution in [-0.2, 0) is 6.54 Å². The monoisotopic (exact) mass is 323 g/mol. The van der Waals surface area contributed by atoms with Gasteiger partial charge in [0.05, 0.1) is 19.7 Å². The number of ether oxygens (including phenoxy) is 2. The molecule has 1 N–H and O–H groups in total. The summed E-state index contributed by atoms with van der Waals surface area (Å²) in [6.07, 6.45) is 2.62. The number of nitrogens with one attached hydrogen (secondary N) is 1. The van der Waals surface area contributed by atoms with Gasteiger partial charge < -0.3 is 14.8 Å². The molecule has 0 unspecified atom stereocenters. The molecule has 0 atom stereocenters. The maximum Gasteiger partial charge on any atom is 0.160 e. The summed E-state index contributed by atoms with van der Waals surface area (Å²) >= 11 is 0. The van der Waals surface area contributed by atoms with E-state index in [2.05, 4.69) is 28.2 Å². The maximum atomic E-state index is 5.34. The summed E-state index contributed by atoms with van der Waals surface area (Å²) in [4.78, 5) is 0. The number of rotatable bonds is 6. The highest BCUT2D eigenvalue weighted by Gasteiger charge is 2.23. The average molecular weight is 323 g/mol. The topological polar surface area (TPSA) is 48.3 Å². The summed E-state index contributed by atoms with van der Waals surface area (Å²) < 4.78 is 12.8. The van der Waals surface area contributed by atoms with Crippen LogP contribution in [0, 0.1) is 5.92 Å². The van der Waals surface area contributed by atoms with E-state index in [1.54, 1.807) is 14.2 Å². The number of hydrogen-bond donors (Lipinski definition) is 1. The molecule has 1 aliphatic rings. The second kappa shape index (κ2) is 6.07. The molecule has 0 amide bonds. The number of aromatic nitrogens is 2. The van der Waals surface area contributed by atoms with E-state index in [9.17, 15) is 0 Å². The normalized spacial score (nSPS) is 13.9. The van der Waals surface area contributed by atoms with Crippen molar-refractivity contribution in [2.75, 3.05) is 19.5 Å². The van der Waals surface area contributed by atoms with Crippen LogP contribution < -0.4 is 14.8 Å². The lowest BCUT2D eigenvalue weighted by atomic mass is 10.2. The molecule has 5 heteroatoms. The highest BCUT2D eigenvalue weighted by molar-refractivity contribution is 5.92. The van der Waals surface area contributed by atoms with Gasteiger partial charge in [0.2, 0.25) is 0 Å². The molecule has 5 nitrogen and oxygen atoms in total. The lowest BCUT2D eigenvalue weighted by molar-refractivity contribution is 0.395. The fourth-order valence-corrected chi connectivity index (χ4v) is 2.92. The van der Waals surface area contributed by atoms with Crippen molar-refractivity contribution in [1.82, 2.24) is 9.78 Å². The summed E-state index contributed by atoms with van der Waals surface area (Å²) in [5.74, 6) is 3.14. The van der Waals surface area contributed by atoms with E-state index < -0.39 is 0 Å². The van der Waals surface area contributed by atoms with E-state index in [-0.39, 0.29) is 0 Å². The fourth-order valence-electron chi connectivity index (χ4n) is 2.92. The van der Waals surface area contributed by atoms with Gasteiger partial charge in [-0.1, -0.05) is 12.1 Å². The van der Waals surface area contributed by atoms with E-state index in [1.165, 1.54) is 18.4 Å². The SMILES string of the molecule is COc1cc(Nc2nn(CC3CC3)c3ccccc23)cc(OC)c1. The van der Waals surface area contributed by atoms with Crippen molar-refractivity contribution in [2.45, 2.75) is 19.4 Å². The fraction of sp³-hybridized carbons (Fsp3) is 0.316. The van der Waals surface area contributed by atoms with Crippen molar-refractivity contribution in [3.8, 4) is 11.5 Å². The number of benzene rings is 2. The molecule has 0 aliphatic heterocycles. The minimum absolute atomic E-state index is 0.749. The Morgan fingerprint density at radius 2 is 1.79 bits per heavy atom. The van der Waals surface area contributed by atoms with Gasteiger partial charge in [0, 0.05) is 35.8 Å². The van der Waals surface area contributed by atoms with Crippen molar-refractivity contribution in [3.63, 3.8) is 0 Å². The minimum Gasteiger partial charge on any atom is -0.497 e. The van der Waals surface area contributed by atoms with Crippen LogP contribution in [0.5, 0.6) is 11.5 Å². The first-order chi connectivity index (χ1) is 11.8. The molecule has 124 valence electrons. The van der Waals surface area contributed by atoms with Crippen LogP contribution in [0.1, 0.15) is 12.8 Å². The molecule has 0 radical (unpaired) electrons. The molecule has 0 saturated heterocycles. The molecule has 3 aromatic rings. The molecule has 1 saturated carbocycles. The first-order valence-electron chi connectivity index (χ1n) is 8.22. The number of nitrogens with zero attached hydrogens (tertiary/aromatic N) is 2. The van der Waals surface area contributed by atoms with Gasteiger partial charge in [-0.15, -0.1) is 0 Å². The molecular weight excluding hydrogens is 302 g/mol. The van der Waals surface area contributed by atoms with Crippen LogP contribution in [0.4, 0.5) is 11.5 Å². The summed E-state index contributed by atoms with van der Waals surface area (Å²) in [6, 6.07) is 14.1.